The molecule has 0 atom stereocenters. The fourth-order valence-electron chi connectivity index (χ4n) is 1.99. The molecule has 0 heterocycles. The lowest BCUT2D eigenvalue weighted by molar-refractivity contribution is 0.0977. The van der Waals surface area contributed by atoms with Crippen LogP contribution in [0.1, 0.15) is 10.4 Å². The predicted molar refractivity (Wildman–Crippen MR) is 100 cm³/mol. The Morgan fingerprint density at radius 3 is 2.48 bits per heavy atom. The van der Waals surface area contributed by atoms with Crippen LogP contribution in [0.4, 0.5) is 5.69 Å². The summed E-state index contributed by atoms with van der Waals surface area (Å²) in [7, 11) is 3.19. The predicted octanol–water partition coefficient (Wildman–Crippen LogP) is 2.85. The van der Waals surface area contributed by atoms with Gasteiger partial charge in [0, 0.05) is 24.4 Å². The summed E-state index contributed by atoms with van der Waals surface area (Å²) in [5.74, 6) is 1.07. The number of methoxy groups -OCH3 is 2. The van der Waals surface area contributed by atoms with Gasteiger partial charge in [0.1, 0.15) is 18.1 Å². The molecular formula is C18H20N2O4S. The number of carbonyl (C=O) groups excluding carboxylic acids is 1. The summed E-state index contributed by atoms with van der Waals surface area (Å²) < 4.78 is 15.5. The molecule has 132 valence electrons. The Labute approximate surface area is 152 Å². The summed E-state index contributed by atoms with van der Waals surface area (Å²) in [6.07, 6.45) is 0. The third-order valence-corrected chi connectivity index (χ3v) is 3.43. The van der Waals surface area contributed by atoms with Gasteiger partial charge >= 0.3 is 0 Å². The summed E-state index contributed by atoms with van der Waals surface area (Å²) in [6.45, 7) is 0.965. The number of anilines is 1. The van der Waals surface area contributed by atoms with E-state index in [0.29, 0.717) is 30.3 Å². The maximum Gasteiger partial charge on any atom is 0.257 e. The van der Waals surface area contributed by atoms with E-state index in [1.807, 2.05) is 18.2 Å². The second-order valence-corrected chi connectivity index (χ2v) is 5.41. The maximum absolute atomic E-state index is 12.2. The average molecular weight is 360 g/mol. The van der Waals surface area contributed by atoms with Crippen molar-refractivity contribution in [1.29, 1.82) is 0 Å². The standard InChI is InChI=1S/C18H20N2O4S/c1-22-10-11-24-16-5-3-4-14(12-16)19-18(25)20-17(21)13-6-8-15(23-2)9-7-13/h3-9,12H,10-11H2,1-2H3,(H2,19,20,21,25). The van der Waals surface area contributed by atoms with Crippen molar-refractivity contribution in [2.24, 2.45) is 0 Å². The molecule has 1 amide bonds. The van der Waals surface area contributed by atoms with Gasteiger partial charge in [-0.25, -0.2) is 0 Å². The first kappa shape index (κ1) is 18.7. The highest BCUT2D eigenvalue weighted by Crippen LogP contribution is 2.17. The van der Waals surface area contributed by atoms with Crippen molar-refractivity contribution in [3.05, 3.63) is 54.1 Å². The Morgan fingerprint density at radius 1 is 1.04 bits per heavy atom. The number of hydrogen-bond donors (Lipinski definition) is 2. The average Bonchev–Trinajstić information content (AvgIpc) is 2.62. The van der Waals surface area contributed by atoms with E-state index < -0.39 is 0 Å². The lowest BCUT2D eigenvalue weighted by Crippen LogP contribution is -2.34. The Kier molecular flexibility index (Phi) is 7.18. The minimum Gasteiger partial charge on any atom is -0.497 e. The third-order valence-electron chi connectivity index (χ3n) is 3.23. The van der Waals surface area contributed by atoms with E-state index in [1.54, 1.807) is 44.6 Å². The van der Waals surface area contributed by atoms with Gasteiger partial charge in [-0.3, -0.25) is 10.1 Å². The highest BCUT2D eigenvalue weighted by Gasteiger charge is 2.08. The van der Waals surface area contributed by atoms with Crippen LogP contribution >= 0.6 is 12.2 Å². The number of nitrogens with one attached hydrogen (secondary N) is 2. The first-order valence-corrected chi connectivity index (χ1v) is 8.01. The van der Waals surface area contributed by atoms with Gasteiger partial charge in [0.25, 0.3) is 5.91 Å². The van der Waals surface area contributed by atoms with Gasteiger partial charge in [0.05, 0.1) is 13.7 Å². The summed E-state index contributed by atoms with van der Waals surface area (Å²) in [5.41, 5.74) is 1.21. The molecule has 0 saturated carbocycles. The Morgan fingerprint density at radius 2 is 1.80 bits per heavy atom. The van der Waals surface area contributed by atoms with Crippen molar-refractivity contribution in [2.75, 3.05) is 32.8 Å². The fourth-order valence-corrected chi connectivity index (χ4v) is 2.20. The summed E-state index contributed by atoms with van der Waals surface area (Å²) in [6, 6.07) is 14.1. The van der Waals surface area contributed by atoms with Crippen molar-refractivity contribution in [3.63, 3.8) is 0 Å². The topological polar surface area (TPSA) is 68.8 Å². The van der Waals surface area contributed by atoms with Gasteiger partial charge in [-0.15, -0.1) is 0 Å². The number of amides is 1. The molecule has 0 saturated heterocycles. The summed E-state index contributed by atoms with van der Waals surface area (Å²) in [5, 5.41) is 5.80. The number of thiocarbonyl (C=S) groups is 1. The van der Waals surface area contributed by atoms with Gasteiger partial charge in [0.15, 0.2) is 5.11 Å². The zero-order valence-corrected chi connectivity index (χ0v) is 14.9. The van der Waals surface area contributed by atoms with Crippen molar-refractivity contribution < 1.29 is 19.0 Å². The lowest BCUT2D eigenvalue weighted by Gasteiger charge is -2.11. The molecule has 2 aromatic rings. The quantitative estimate of drug-likeness (QED) is 0.585. The number of ether oxygens (including phenoxy) is 3. The minimum atomic E-state index is -0.298. The molecule has 0 spiro atoms. The first-order chi connectivity index (χ1) is 12.1. The Hall–Kier alpha value is -2.64. The molecule has 2 aromatic carbocycles. The molecule has 0 fully saturated rings. The van der Waals surface area contributed by atoms with E-state index in [4.69, 9.17) is 26.4 Å². The first-order valence-electron chi connectivity index (χ1n) is 7.60. The van der Waals surface area contributed by atoms with Crippen molar-refractivity contribution in [1.82, 2.24) is 5.32 Å². The molecule has 0 unspecified atom stereocenters. The second kappa shape index (κ2) is 9.61. The van der Waals surface area contributed by atoms with Crippen LogP contribution in [0, 0.1) is 0 Å². The molecule has 0 aliphatic heterocycles. The van der Waals surface area contributed by atoms with Crippen LogP contribution in [-0.4, -0.2) is 38.5 Å². The van der Waals surface area contributed by atoms with Crippen LogP contribution in [0.5, 0.6) is 11.5 Å². The van der Waals surface area contributed by atoms with E-state index >= 15 is 0 Å². The van der Waals surface area contributed by atoms with Crippen LogP contribution in [0.3, 0.4) is 0 Å². The SMILES string of the molecule is COCCOc1cccc(NC(=S)NC(=O)c2ccc(OC)cc2)c1. The maximum atomic E-state index is 12.2. The van der Waals surface area contributed by atoms with Gasteiger partial charge in [-0.2, -0.15) is 0 Å². The van der Waals surface area contributed by atoms with E-state index in [0.717, 1.165) is 5.69 Å². The Balaban J connectivity index is 1.90. The van der Waals surface area contributed by atoms with Crippen LogP contribution in [0.15, 0.2) is 48.5 Å². The normalized spacial score (nSPS) is 10.0. The summed E-state index contributed by atoms with van der Waals surface area (Å²) >= 11 is 5.18. The lowest BCUT2D eigenvalue weighted by atomic mass is 10.2. The van der Waals surface area contributed by atoms with Gasteiger partial charge < -0.3 is 19.5 Å². The zero-order chi connectivity index (χ0) is 18.1. The van der Waals surface area contributed by atoms with Crippen LogP contribution < -0.4 is 20.1 Å². The highest BCUT2D eigenvalue weighted by atomic mass is 32.1. The van der Waals surface area contributed by atoms with Crippen molar-refractivity contribution >= 4 is 28.9 Å². The van der Waals surface area contributed by atoms with E-state index in [-0.39, 0.29) is 11.0 Å². The monoisotopic (exact) mass is 360 g/mol. The number of hydrogen-bond acceptors (Lipinski definition) is 5. The fraction of sp³-hybridized carbons (Fsp3) is 0.222. The minimum absolute atomic E-state index is 0.204. The van der Waals surface area contributed by atoms with Crippen LogP contribution in [0.2, 0.25) is 0 Å². The molecule has 0 radical (unpaired) electrons. The van der Waals surface area contributed by atoms with Crippen LogP contribution in [-0.2, 0) is 4.74 Å². The third kappa shape index (κ3) is 6.06. The molecule has 0 aromatic heterocycles. The molecule has 6 nitrogen and oxygen atoms in total. The largest absolute Gasteiger partial charge is 0.497 e. The smallest absolute Gasteiger partial charge is 0.257 e. The highest BCUT2D eigenvalue weighted by molar-refractivity contribution is 7.80. The van der Waals surface area contributed by atoms with E-state index in [1.165, 1.54) is 0 Å². The van der Waals surface area contributed by atoms with Gasteiger partial charge in [-0.05, 0) is 48.6 Å². The van der Waals surface area contributed by atoms with Crippen molar-refractivity contribution in [2.45, 2.75) is 0 Å². The molecule has 25 heavy (non-hydrogen) atoms. The molecular weight excluding hydrogens is 340 g/mol. The van der Waals surface area contributed by atoms with Gasteiger partial charge in [0.2, 0.25) is 0 Å². The molecule has 2 rings (SSSR count). The van der Waals surface area contributed by atoms with Crippen molar-refractivity contribution in [3.8, 4) is 11.5 Å². The molecule has 0 aliphatic carbocycles. The molecule has 0 bridgehead atoms. The second-order valence-electron chi connectivity index (χ2n) is 5.01. The summed E-state index contributed by atoms with van der Waals surface area (Å²) in [4.78, 5) is 12.2. The van der Waals surface area contributed by atoms with Gasteiger partial charge in [-0.1, -0.05) is 6.07 Å². The number of carbonyl (C=O) groups is 1. The van der Waals surface area contributed by atoms with E-state index in [2.05, 4.69) is 10.6 Å². The molecule has 0 aliphatic rings. The molecule has 7 heteroatoms. The molecule has 2 N–H and O–H groups in total. The number of rotatable bonds is 7. The Bertz CT molecular complexity index is 719. The number of benzene rings is 2. The van der Waals surface area contributed by atoms with Crippen LogP contribution in [0.25, 0.3) is 0 Å². The zero-order valence-electron chi connectivity index (χ0n) is 14.1. The van der Waals surface area contributed by atoms with E-state index in [9.17, 15) is 4.79 Å².